The second-order valence-electron chi connectivity index (χ2n) is 4.18. The summed E-state index contributed by atoms with van der Waals surface area (Å²) in [6, 6.07) is 0. The molecule has 18 heavy (non-hydrogen) atoms. The van der Waals surface area contributed by atoms with Crippen molar-refractivity contribution in [1.82, 2.24) is 0 Å². The molecule has 0 aromatic heterocycles. The number of ether oxygens (including phenoxy) is 2. The van der Waals surface area contributed by atoms with E-state index < -0.39 is 30.3 Å². The summed E-state index contributed by atoms with van der Waals surface area (Å²) in [7, 11) is 0. The van der Waals surface area contributed by atoms with Gasteiger partial charge in [-0.2, -0.15) is 0 Å². The zero-order valence-electron chi connectivity index (χ0n) is 11.1. The number of hydrogen-bond donors (Lipinski definition) is 2. The SMILES string of the molecule is CCCCC(COC(=O)C(C)O)OC(=O)C(C)O. The van der Waals surface area contributed by atoms with Gasteiger partial charge in [-0.15, -0.1) is 0 Å². The molecule has 6 heteroatoms. The summed E-state index contributed by atoms with van der Waals surface area (Å²) in [5.41, 5.74) is 0. The maximum atomic E-state index is 11.2. The number of esters is 2. The lowest BCUT2D eigenvalue weighted by atomic mass is 10.2. The van der Waals surface area contributed by atoms with Crippen LogP contribution >= 0.6 is 0 Å². The van der Waals surface area contributed by atoms with Crippen molar-refractivity contribution in [2.45, 2.75) is 58.3 Å². The minimum Gasteiger partial charge on any atom is -0.460 e. The van der Waals surface area contributed by atoms with E-state index in [1.807, 2.05) is 6.92 Å². The molecule has 0 fully saturated rings. The van der Waals surface area contributed by atoms with Gasteiger partial charge in [0.2, 0.25) is 0 Å². The zero-order valence-corrected chi connectivity index (χ0v) is 11.1. The van der Waals surface area contributed by atoms with Crippen LogP contribution in [0.4, 0.5) is 0 Å². The van der Waals surface area contributed by atoms with Crippen molar-refractivity contribution in [3.05, 3.63) is 0 Å². The van der Waals surface area contributed by atoms with Crippen LogP contribution in [0, 0.1) is 0 Å². The Hall–Kier alpha value is -1.14. The highest BCUT2D eigenvalue weighted by molar-refractivity contribution is 5.74. The van der Waals surface area contributed by atoms with Gasteiger partial charge in [0.1, 0.15) is 24.9 Å². The molecule has 3 atom stereocenters. The van der Waals surface area contributed by atoms with Crippen molar-refractivity contribution >= 4 is 11.9 Å². The average Bonchev–Trinajstić information content (AvgIpc) is 2.31. The average molecular weight is 262 g/mol. The van der Waals surface area contributed by atoms with Gasteiger partial charge in [0, 0.05) is 0 Å². The first-order valence-electron chi connectivity index (χ1n) is 6.11. The molecule has 0 spiro atoms. The van der Waals surface area contributed by atoms with Crippen LogP contribution in [0.2, 0.25) is 0 Å². The second-order valence-corrected chi connectivity index (χ2v) is 4.18. The molecule has 0 aliphatic rings. The van der Waals surface area contributed by atoms with Crippen molar-refractivity contribution in [3.8, 4) is 0 Å². The number of hydrogen-bond acceptors (Lipinski definition) is 6. The van der Waals surface area contributed by atoms with Crippen LogP contribution in [0.15, 0.2) is 0 Å². The fraction of sp³-hybridized carbons (Fsp3) is 0.833. The summed E-state index contributed by atoms with van der Waals surface area (Å²) in [4.78, 5) is 22.3. The quantitative estimate of drug-likeness (QED) is 0.615. The van der Waals surface area contributed by atoms with E-state index in [2.05, 4.69) is 0 Å². The zero-order chi connectivity index (χ0) is 14.1. The van der Waals surface area contributed by atoms with Gasteiger partial charge in [-0.3, -0.25) is 0 Å². The molecule has 0 aromatic carbocycles. The third-order valence-electron chi connectivity index (χ3n) is 2.26. The summed E-state index contributed by atoms with van der Waals surface area (Å²) >= 11 is 0. The van der Waals surface area contributed by atoms with Crippen molar-refractivity contribution < 1.29 is 29.3 Å². The van der Waals surface area contributed by atoms with E-state index in [9.17, 15) is 9.59 Å². The molecule has 0 rings (SSSR count). The maximum absolute atomic E-state index is 11.2. The van der Waals surface area contributed by atoms with Gasteiger partial charge in [0.15, 0.2) is 0 Å². The smallest absolute Gasteiger partial charge is 0.335 e. The molecule has 2 N–H and O–H groups in total. The standard InChI is InChI=1S/C12H22O6/c1-4-5-6-10(18-12(16)9(3)14)7-17-11(15)8(2)13/h8-10,13-14H,4-7H2,1-3H3. The highest BCUT2D eigenvalue weighted by Gasteiger charge is 2.20. The first kappa shape index (κ1) is 16.9. The Balaban J connectivity index is 4.22. The normalized spacial score (nSPS) is 15.6. The number of unbranched alkanes of at least 4 members (excludes halogenated alkanes) is 1. The molecular formula is C12H22O6. The molecule has 0 aliphatic carbocycles. The van der Waals surface area contributed by atoms with E-state index in [0.717, 1.165) is 12.8 Å². The first-order valence-corrected chi connectivity index (χ1v) is 6.11. The molecular weight excluding hydrogens is 240 g/mol. The van der Waals surface area contributed by atoms with E-state index in [4.69, 9.17) is 19.7 Å². The molecule has 0 heterocycles. The minimum absolute atomic E-state index is 0.109. The predicted octanol–water partition coefficient (Wildman–Crippen LogP) is 0.393. The summed E-state index contributed by atoms with van der Waals surface area (Å²) in [6.07, 6.45) is -0.736. The third-order valence-corrected chi connectivity index (χ3v) is 2.26. The lowest BCUT2D eigenvalue weighted by molar-refractivity contribution is -0.168. The molecule has 0 saturated carbocycles. The number of aliphatic hydroxyl groups is 2. The lowest BCUT2D eigenvalue weighted by Gasteiger charge is -2.19. The summed E-state index contributed by atoms with van der Waals surface area (Å²) in [5, 5.41) is 18.0. The monoisotopic (exact) mass is 262 g/mol. The Morgan fingerprint density at radius 2 is 1.67 bits per heavy atom. The van der Waals surface area contributed by atoms with Crippen LogP contribution in [-0.4, -0.2) is 47.1 Å². The molecule has 0 amide bonds. The first-order chi connectivity index (χ1) is 8.38. The van der Waals surface area contributed by atoms with Crippen molar-refractivity contribution in [3.63, 3.8) is 0 Å². The van der Waals surface area contributed by atoms with Crippen LogP contribution in [0.5, 0.6) is 0 Å². The van der Waals surface area contributed by atoms with Gasteiger partial charge in [0.05, 0.1) is 0 Å². The van der Waals surface area contributed by atoms with Crippen LogP contribution in [0.1, 0.15) is 40.0 Å². The fourth-order valence-corrected chi connectivity index (χ4v) is 1.17. The third kappa shape index (κ3) is 7.24. The fourth-order valence-electron chi connectivity index (χ4n) is 1.17. The molecule has 0 aliphatic heterocycles. The molecule has 0 radical (unpaired) electrons. The lowest BCUT2D eigenvalue weighted by Crippen LogP contribution is -2.31. The number of rotatable bonds is 8. The Morgan fingerprint density at radius 1 is 1.11 bits per heavy atom. The molecule has 3 unspecified atom stereocenters. The Kier molecular flexibility index (Phi) is 8.32. The Bertz CT molecular complexity index is 261. The van der Waals surface area contributed by atoms with Gasteiger partial charge < -0.3 is 19.7 Å². The van der Waals surface area contributed by atoms with Crippen molar-refractivity contribution in [2.75, 3.05) is 6.61 Å². The van der Waals surface area contributed by atoms with E-state index >= 15 is 0 Å². The molecule has 0 saturated heterocycles. The van der Waals surface area contributed by atoms with E-state index in [0.29, 0.717) is 6.42 Å². The highest BCUT2D eigenvalue weighted by atomic mass is 16.6. The number of carbonyl (C=O) groups is 2. The summed E-state index contributed by atoms with van der Waals surface area (Å²) < 4.78 is 9.79. The number of carbonyl (C=O) groups excluding carboxylic acids is 2. The highest BCUT2D eigenvalue weighted by Crippen LogP contribution is 2.08. The van der Waals surface area contributed by atoms with Crippen molar-refractivity contribution in [2.24, 2.45) is 0 Å². The van der Waals surface area contributed by atoms with Crippen LogP contribution in [-0.2, 0) is 19.1 Å². The van der Waals surface area contributed by atoms with E-state index in [-0.39, 0.29) is 6.61 Å². The van der Waals surface area contributed by atoms with Gasteiger partial charge in [-0.1, -0.05) is 13.3 Å². The Morgan fingerprint density at radius 3 is 2.11 bits per heavy atom. The van der Waals surface area contributed by atoms with Crippen LogP contribution < -0.4 is 0 Å². The minimum atomic E-state index is -1.21. The maximum Gasteiger partial charge on any atom is 0.335 e. The van der Waals surface area contributed by atoms with Gasteiger partial charge in [-0.25, -0.2) is 9.59 Å². The topological polar surface area (TPSA) is 93.1 Å². The van der Waals surface area contributed by atoms with Crippen LogP contribution in [0.25, 0.3) is 0 Å². The largest absolute Gasteiger partial charge is 0.460 e. The van der Waals surface area contributed by atoms with Crippen molar-refractivity contribution in [1.29, 1.82) is 0 Å². The molecule has 0 bridgehead atoms. The molecule has 106 valence electrons. The number of aliphatic hydroxyl groups excluding tert-OH is 2. The summed E-state index contributed by atoms with van der Waals surface area (Å²) in [5.74, 6) is -1.51. The Labute approximate surface area is 107 Å². The molecule has 0 aromatic rings. The van der Waals surface area contributed by atoms with Gasteiger partial charge in [-0.05, 0) is 26.7 Å². The van der Waals surface area contributed by atoms with Gasteiger partial charge >= 0.3 is 11.9 Å². The predicted molar refractivity (Wildman–Crippen MR) is 63.7 cm³/mol. The van der Waals surface area contributed by atoms with E-state index in [1.54, 1.807) is 0 Å². The summed E-state index contributed by atoms with van der Waals surface area (Å²) in [6.45, 7) is 4.48. The molecule has 6 nitrogen and oxygen atoms in total. The second kappa shape index (κ2) is 8.88. The van der Waals surface area contributed by atoms with Gasteiger partial charge in [0.25, 0.3) is 0 Å². The van der Waals surface area contributed by atoms with Crippen LogP contribution in [0.3, 0.4) is 0 Å². The van der Waals surface area contributed by atoms with E-state index in [1.165, 1.54) is 13.8 Å².